The minimum absolute atomic E-state index is 0.0673. The normalized spacial score (nSPS) is 15.9. The van der Waals surface area contributed by atoms with E-state index >= 15 is 0 Å². The number of anilines is 1. The van der Waals surface area contributed by atoms with Gasteiger partial charge in [0.2, 0.25) is 5.91 Å². The van der Waals surface area contributed by atoms with Crippen molar-refractivity contribution in [2.24, 2.45) is 0 Å². The molecule has 27 heavy (non-hydrogen) atoms. The number of hydrogen-bond donors (Lipinski definition) is 1. The van der Waals surface area contributed by atoms with Crippen molar-refractivity contribution in [2.75, 3.05) is 25.0 Å². The van der Waals surface area contributed by atoms with Gasteiger partial charge in [-0.1, -0.05) is 31.2 Å². The van der Waals surface area contributed by atoms with Crippen LogP contribution in [-0.2, 0) is 11.2 Å². The molecule has 0 unspecified atom stereocenters. The number of amides is 1. The number of fused-ring (bicyclic) bond motifs is 1. The van der Waals surface area contributed by atoms with Crippen LogP contribution in [0.4, 0.5) is 5.69 Å². The van der Waals surface area contributed by atoms with Gasteiger partial charge in [0.15, 0.2) is 0 Å². The van der Waals surface area contributed by atoms with E-state index in [4.69, 9.17) is 4.98 Å². The number of aryl methyl sites for hydroxylation is 1. The lowest BCUT2D eigenvalue weighted by Gasteiger charge is -2.30. The molecule has 0 atom stereocenters. The van der Waals surface area contributed by atoms with Crippen molar-refractivity contribution >= 4 is 33.1 Å². The number of likely N-dealkylation sites (tertiary alicyclic amines) is 1. The summed E-state index contributed by atoms with van der Waals surface area (Å²) in [4.78, 5) is 19.4. The molecule has 3 aromatic rings. The molecule has 0 saturated carbocycles. The Morgan fingerprint density at radius 2 is 1.89 bits per heavy atom. The van der Waals surface area contributed by atoms with Gasteiger partial charge in [0.05, 0.1) is 21.8 Å². The molecule has 1 amide bonds. The molecule has 1 aliphatic heterocycles. The number of carbonyl (C=O) groups excluding carboxylic acids is 1. The second kappa shape index (κ2) is 8.19. The number of hydrogen-bond acceptors (Lipinski definition) is 4. The molecule has 2 heterocycles. The number of nitrogens with zero attached hydrogens (tertiary/aromatic N) is 2. The highest BCUT2D eigenvalue weighted by Crippen LogP contribution is 2.33. The molecule has 0 radical (unpaired) electrons. The quantitative estimate of drug-likeness (QED) is 0.700. The molecule has 2 aromatic carbocycles. The number of rotatable bonds is 5. The van der Waals surface area contributed by atoms with Crippen LogP contribution in [0.3, 0.4) is 0 Å². The van der Waals surface area contributed by atoms with Gasteiger partial charge in [-0.2, -0.15) is 0 Å². The summed E-state index contributed by atoms with van der Waals surface area (Å²) in [6.45, 7) is 4.49. The first-order valence-corrected chi connectivity index (χ1v) is 10.5. The first-order valence-electron chi connectivity index (χ1n) is 9.68. The third-order valence-electron chi connectivity index (χ3n) is 5.26. The minimum atomic E-state index is 0.0673. The summed E-state index contributed by atoms with van der Waals surface area (Å²) in [5.74, 6) is 0.584. The Morgan fingerprint density at radius 1 is 1.15 bits per heavy atom. The maximum absolute atomic E-state index is 12.3. The maximum Gasteiger partial charge on any atom is 0.238 e. The van der Waals surface area contributed by atoms with E-state index in [1.165, 1.54) is 15.3 Å². The van der Waals surface area contributed by atoms with E-state index in [1.54, 1.807) is 0 Å². The lowest BCUT2D eigenvalue weighted by atomic mass is 9.97. The van der Waals surface area contributed by atoms with Crippen molar-refractivity contribution in [1.29, 1.82) is 0 Å². The number of para-hydroxylation sites is 1. The second-order valence-corrected chi connectivity index (χ2v) is 8.23. The molecule has 1 fully saturated rings. The molecule has 1 aromatic heterocycles. The number of nitrogens with one attached hydrogen (secondary N) is 1. The average Bonchev–Trinajstić information content (AvgIpc) is 3.13. The van der Waals surface area contributed by atoms with Crippen molar-refractivity contribution < 1.29 is 4.79 Å². The maximum atomic E-state index is 12.3. The van der Waals surface area contributed by atoms with Gasteiger partial charge in [-0.3, -0.25) is 9.69 Å². The zero-order valence-electron chi connectivity index (χ0n) is 15.6. The summed E-state index contributed by atoms with van der Waals surface area (Å²) in [5.41, 5.74) is 3.26. The molecule has 1 aliphatic rings. The minimum Gasteiger partial charge on any atom is -0.325 e. The largest absolute Gasteiger partial charge is 0.325 e. The molecule has 5 heteroatoms. The topological polar surface area (TPSA) is 45.2 Å². The molecule has 4 nitrogen and oxygen atoms in total. The molecule has 0 aliphatic carbocycles. The third-order valence-corrected chi connectivity index (χ3v) is 6.46. The van der Waals surface area contributed by atoms with Crippen LogP contribution < -0.4 is 5.32 Å². The Kier molecular flexibility index (Phi) is 5.50. The van der Waals surface area contributed by atoms with Gasteiger partial charge < -0.3 is 5.32 Å². The highest BCUT2D eigenvalue weighted by atomic mass is 32.1. The highest BCUT2D eigenvalue weighted by molar-refractivity contribution is 7.18. The Bertz CT molecular complexity index is 878. The number of carbonyl (C=O) groups is 1. The first-order chi connectivity index (χ1) is 13.2. The fourth-order valence-corrected chi connectivity index (χ4v) is 4.77. The monoisotopic (exact) mass is 379 g/mol. The van der Waals surface area contributed by atoms with Crippen LogP contribution in [0.2, 0.25) is 0 Å². The Labute approximate surface area is 164 Å². The van der Waals surface area contributed by atoms with Gasteiger partial charge in [0.1, 0.15) is 0 Å². The summed E-state index contributed by atoms with van der Waals surface area (Å²) in [7, 11) is 0. The van der Waals surface area contributed by atoms with Crippen LogP contribution in [0, 0.1) is 0 Å². The fraction of sp³-hybridized carbons (Fsp3) is 0.364. The van der Waals surface area contributed by atoms with Gasteiger partial charge in [0, 0.05) is 11.6 Å². The molecule has 1 saturated heterocycles. The van der Waals surface area contributed by atoms with E-state index in [1.807, 2.05) is 29.5 Å². The van der Waals surface area contributed by atoms with E-state index in [0.29, 0.717) is 12.5 Å². The number of piperidine rings is 1. The van der Waals surface area contributed by atoms with E-state index in [-0.39, 0.29) is 5.91 Å². The Morgan fingerprint density at radius 3 is 2.59 bits per heavy atom. The molecule has 140 valence electrons. The van der Waals surface area contributed by atoms with Crippen LogP contribution >= 0.6 is 11.3 Å². The van der Waals surface area contributed by atoms with Gasteiger partial charge in [-0.25, -0.2) is 4.98 Å². The highest BCUT2D eigenvalue weighted by Gasteiger charge is 2.24. The molecule has 4 rings (SSSR count). The van der Waals surface area contributed by atoms with Crippen molar-refractivity contribution in [2.45, 2.75) is 32.1 Å². The number of thiazole rings is 1. The van der Waals surface area contributed by atoms with Gasteiger partial charge in [0.25, 0.3) is 0 Å². The van der Waals surface area contributed by atoms with E-state index in [2.05, 4.69) is 47.5 Å². The molecular weight excluding hydrogens is 354 g/mol. The zero-order chi connectivity index (χ0) is 18.6. The standard InChI is InChI=1S/C22H25N3OS/c1-2-16-7-9-18(10-8-16)23-21(26)15-25-13-11-17(12-14-25)22-24-19-5-3-4-6-20(19)27-22/h3-10,17H,2,11-15H2,1H3,(H,23,26). The van der Waals surface area contributed by atoms with Crippen LogP contribution in [0.1, 0.15) is 36.3 Å². The summed E-state index contributed by atoms with van der Waals surface area (Å²) in [5, 5.41) is 4.26. The summed E-state index contributed by atoms with van der Waals surface area (Å²) in [6.07, 6.45) is 3.15. The summed E-state index contributed by atoms with van der Waals surface area (Å²) >= 11 is 1.81. The summed E-state index contributed by atoms with van der Waals surface area (Å²) < 4.78 is 1.27. The van der Waals surface area contributed by atoms with Gasteiger partial charge in [-0.15, -0.1) is 11.3 Å². The van der Waals surface area contributed by atoms with Crippen LogP contribution in [0.15, 0.2) is 48.5 Å². The second-order valence-electron chi connectivity index (χ2n) is 7.17. The smallest absolute Gasteiger partial charge is 0.238 e. The molecule has 1 N–H and O–H groups in total. The van der Waals surface area contributed by atoms with E-state index < -0.39 is 0 Å². The average molecular weight is 380 g/mol. The van der Waals surface area contributed by atoms with Crippen molar-refractivity contribution in [3.8, 4) is 0 Å². The third kappa shape index (κ3) is 4.37. The number of aromatic nitrogens is 1. The molecule has 0 bridgehead atoms. The van der Waals surface area contributed by atoms with Gasteiger partial charge in [-0.05, 0) is 62.2 Å². The van der Waals surface area contributed by atoms with Gasteiger partial charge >= 0.3 is 0 Å². The van der Waals surface area contributed by atoms with Crippen LogP contribution in [0.25, 0.3) is 10.2 Å². The van der Waals surface area contributed by atoms with Crippen LogP contribution in [-0.4, -0.2) is 35.4 Å². The van der Waals surface area contributed by atoms with Crippen molar-refractivity contribution in [3.63, 3.8) is 0 Å². The Balaban J connectivity index is 1.29. The predicted molar refractivity (Wildman–Crippen MR) is 112 cm³/mol. The van der Waals surface area contributed by atoms with Crippen molar-refractivity contribution in [3.05, 3.63) is 59.1 Å². The Hall–Kier alpha value is -2.24. The molecular formula is C22H25N3OS. The first kappa shape index (κ1) is 18.1. The zero-order valence-corrected chi connectivity index (χ0v) is 16.5. The molecule has 0 spiro atoms. The van der Waals surface area contributed by atoms with Crippen LogP contribution in [0.5, 0.6) is 0 Å². The van der Waals surface area contributed by atoms with E-state index in [9.17, 15) is 4.79 Å². The lowest BCUT2D eigenvalue weighted by Crippen LogP contribution is -2.38. The lowest BCUT2D eigenvalue weighted by molar-refractivity contribution is -0.117. The van der Waals surface area contributed by atoms with E-state index in [0.717, 1.165) is 43.6 Å². The predicted octanol–water partition coefficient (Wildman–Crippen LogP) is 4.68. The number of benzene rings is 2. The summed E-state index contributed by atoms with van der Waals surface area (Å²) in [6, 6.07) is 16.4. The SMILES string of the molecule is CCc1ccc(NC(=O)CN2CCC(c3nc4ccccc4s3)CC2)cc1. The fourth-order valence-electron chi connectivity index (χ4n) is 3.63. The van der Waals surface area contributed by atoms with Crippen molar-refractivity contribution in [1.82, 2.24) is 9.88 Å².